The first-order chi connectivity index (χ1) is 14.6. The van der Waals surface area contributed by atoms with Crippen LogP contribution in [0, 0.1) is 0 Å². The van der Waals surface area contributed by atoms with E-state index in [4.69, 9.17) is 26.7 Å². The van der Waals surface area contributed by atoms with Crippen LogP contribution in [-0.4, -0.2) is 9.55 Å². The van der Waals surface area contributed by atoms with Crippen LogP contribution in [0.4, 0.5) is 0 Å². The average Bonchev–Trinajstić information content (AvgIpc) is 3.24. The molecule has 0 amide bonds. The van der Waals surface area contributed by atoms with Gasteiger partial charge in [-0.1, -0.05) is 35.9 Å². The van der Waals surface area contributed by atoms with E-state index in [-0.39, 0.29) is 5.56 Å². The predicted molar refractivity (Wildman–Crippen MR) is 120 cm³/mol. The molecule has 0 fully saturated rings. The van der Waals surface area contributed by atoms with Crippen molar-refractivity contribution >= 4 is 33.5 Å². The molecule has 0 unspecified atom stereocenters. The van der Waals surface area contributed by atoms with Crippen molar-refractivity contribution in [2.45, 2.75) is 13.1 Å². The lowest BCUT2D eigenvalue weighted by Crippen LogP contribution is -2.24. The fourth-order valence-electron chi connectivity index (χ4n) is 3.70. The van der Waals surface area contributed by atoms with Crippen LogP contribution in [0.15, 0.2) is 82.2 Å². The standard InChI is InChI=1S/C24H18ClN3O2/c25-19-5-6-21-20(12-19)24(29)28(14-16-3-1-2-15(10-16)13-26)23(27-21)18-4-7-22-17(11-18)8-9-30-22/h1-12H,13-14,26H2. The predicted octanol–water partition coefficient (Wildman–Crippen LogP) is 4.97. The highest BCUT2D eigenvalue weighted by atomic mass is 35.5. The van der Waals surface area contributed by atoms with Gasteiger partial charge in [-0.15, -0.1) is 0 Å². The third kappa shape index (κ3) is 3.28. The zero-order chi connectivity index (χ0) is 20.7. The molecule has 0 aliphatic rings. The van der Waals surface area contributed by atoms with Crippen molar-refractivity contribution < 1.29 is 4.42 Å². The van der Waals surface area contributed by atoms with Gasteiger partial charge in [0.15, 0.2) is 0 Å². The zero-order valence-electron chi connectivity index (χ0n) is 16.0. The Hall–Kier alpha value is -3.41. The van der Waals surface area contributed by atoms with Gasteiger partial charge in [0, 0.05) is 22.5 Å². The van der Waals surface area contributed by atoms with Crippen molar-refractivity contribution in [1.82, 2.24) is 9.55 Å². The lowest BCUT2D eigenvalue weighted by atomic mass is 10.1. The molecule has 0 saturated carbocycles. The number of fused-ring (bicyclic) bond motifs is 2. The highest BCUT2D eigenvalue weighted by Gasteiger charge is 2.15. The van der Waals surface area contributed by atoms with Gasteiger partial charge in [-0.05, 0) is 53.6 Å². The minimum atomic E-state index is -0.136. The van der Waals surface area contributed by atoms with E-state index in [0.717, 1.165) is 27.7 Å². The quantitative estimate of drug-likeness (QED) is 0.449. The summed E-state index contributed by atoms with van der Waals surface area (Å²) in [6.07, 6.45) is 1.65. The number of aromatic nitrogens is 2. The molecule has 3 aromatic carbocycles. The van der Waals surface area contributed by atoms with Crippen LogP contribution in [-0.2, 0) is 13.1 Å². The van der Waals surface area contributed by atoms with Crippen molar-refractivity contribution in [2.24, 2.45) is 5.73 Å². The summed E-state index contributed by atoms with van der Waals surface area (Å²) in [5.74, 6) is 0.594. The fraction of sp³-hybridized carbons (Fsp3) is 0.0833. The number of nitrogens with two attached hydrogens (primary N) is 1. The van der Waals surface area contributed by atoms with Gasteiger partial charge in [-0.3, -0.25) is 9.36 Å². The Labute approximate surface area is 177 Å². The molecular weight excluding hydrogens is 398 g/mol. The van der Waals surface area contributed by atoms with Crippen molar-refractivity contribution in [1.29, 1.82) is 0 Å². The van der Waals surface area contributed by atoms with Crippen molar-refractivity contribution in [2.75, 3.05) is 0 Å². The largest absolute Gasteiger partial charge is 0.464 e. The van der Waals surface area contributed by atoms with Gasteiger partial charge >= 0.3 is 0 Å². The second-order valence-corrected chi connectivity index (χ2v) is 7.62. The Morgan fingerprint density at radius 1 is 1.00 bits per heavy atom. The molecule has 0 aliphatic carbocycles. The minimum absolute atomic E-state index is 0.136. The summed E-state index contributed by atoms with van der Waals surface area (Å²) < 4.78 is 7.14. The molecule has 30 heavy (non-hydrogen) atoms. The molecule has 0 aliphatic heterocycles. The molecule has 148 valence electrons. The van der Waals surface area contributed by atoms with Crippen LogP contribution < -0.4 is 11.3 Å². The minimum Gasteiger partial charge on any atom is -0.464 e. The molecule has 0 spiro atoms. The number of benzene rings is 3. The molecule has 5 aromatic rings. The molecule has 0 atom stereocenters. The first-order valence-corrected chi connectivity index (χ1v) is 9.96. The summed E-state index contributed by atoms with van der Waals surface area (Å²) in [5, 5.41) is 1.95. The summed E-state index contributed by atoms with van der Waals surface area (Å²) >= 11 is 6.15. The van der Waals surface area contributed by atoms with E-state index in [9.17, 15) is 4.79 Å². The number of nitrogens with zero attached hydrogens (tertiary/aromatic N) is 2. The van der Waals surface area contributed by atoms with E-state index in [1.54, 1.807) is 29.0 Å². The fourth-order valence-corrected chi connectivity index (χ4v) is 3.88. The number of furan rings is 1. The van der Waals surface area contributed by atoms with E-state index >= 15 is 0 Å². The van der Waals surface area contributed by atoms with Gasteiger partial charge in [0.1, 0.15) is 11.4 Å². The zero-order valence-corrected chi connectivity index (χ0v) is 16.8. The third-order valence-electron chi connectivity index (χ3n) is 5.19. The maximum absolute atomic E-state index is 13.5. The van der Waals surface area contributed by atoms with Gasteiger partial charge in [-0.25, -0.2) is 4.98 Å². The Bertz CT molecular complexity index is 1450. The Morgan fingerprint density at radius 3 is 2.73 bits per heavy atom. The molecule has 6 heteroatoms. The van der Waals surface area contributed by atoms with E-state index in [0.29, 0.717) is 34.8 Å². The van der Waals surface area contributed by atoms with Gasteiger partial charge in [0.25, 0.3) is 5.56 Å². The molecule has 5 rings (SSSR count). The highest BCUT2D eigenvalue weighted by Crippen LogP contribution is 2.26. The van der Waals surface area contributed by atoms with Crippen molar-refractivity contribution in [3.63, 3.8) is 0 Å². The monoisotopic (exact) mass is 415 g/mol. The molecular formula is C24H18ClN3O2. The Kier molecular flexibility index (Phi) is 4.62. The first-order valence-electron chi connectivity index (χ1n) is 9.58. The third-order valence-corrected chi connectivity index (χ3v) is 5.43. The lowest BCUT2D eigenvalue weighted by Gasteiger charge is -2.15. The molecule has 2 N–H and O–H groups in total. The number of hydrogen-bond donors (Lipinski definition) is 1. The smallest absolute Gasteiger partial charge is 0.262 e. The van der Waals surface area contributed by atoms with Crippen LogP contribution in [0.3, 0.4) is 0 Å². The number of hydrogen-bond acceptors (Lipinski definition) is 4. The van der Waals surface area contributed by atoms with E-state index < -0.39 is 0 Å². The lowest BCUT2D eigenvalue weighted by molar-refractivity contribution is 0.616. The molecule has 0 bridgehead atoms. The first kappa shape index (κ1) is 18.6. The normalized spacial score (nSPS) is 11.4. The number of rotatable bonds is 4. The van der Waals surface area contributed by atoms with Crippen LogP contribution in [0.2, 0.25) is 5.02 Å². The van der Waals surface area contributed by atoms with Gasteiger partial charge in [0.05, 0.1) is 23.7 Å². The topological polar surface area (TPSA) is 74.1 Å². The van der Waals surface area contributed by atoms with Crippen LogP contribution in [0.5, 0.6) is 0 Å². The molecule has 5 nitrogen and oxygen atoms in total. The summed E-state index contributed by atoms with van der Waals surface area (Å²) in [7, 11) is 0. The van der Waals surface area contributed by atoms with Crippen molar-refractivity contribution in [3.8, 4) is 11.4 Å². The Morgan fingerprint density at radius 2 is 1.87 bits per heavy atom. The van der Waals surface area contributed by atoms with Crippen LogP contribution in [0.1, 0.15) is 11.1 Å². The van der Waals surface area contributed by atoms with E-state index in [2.05, 4.69) is 0 Å². The summed E-state index contributed by atoms with van der Waals surface area (Å²) in [6, 6.07) is 20.8. The van der Waals surface area contributed by atoms with E-state index in [1.165, 1.54) is 0 Å². The highest BCUT2D eigenvalue weighted by molar-refractivity contribution is 6.31. The van der Waals surface area contributed by atoms with Crippen molar-refractivity contribution in [3.05, 3.63) is 99.5 Å². The van der Waals surface area contributed by atoms with Gasteiger partial charge in [0.2, 0.25) is 0 Å². The van der Waals surface area contributed by atoms with Crippen LogP contribution in [0.25, 0.3) is 33.3 Å². The summed E-state index contributed by atoms with van der Waals surface area (Å²) in [4.78, 5) is 18.3. The molecule has 2 aromatic heterocycles. The molecule has 0 saturated heterocycles. The van der Waals surface area contributed by atoms with Crippen LogP contribution >= 0.6 is 11.6 Å². The molecule has 2 heterocycles. The summed E-state index contributed by atoms with van der Waals surface area (Å²) in [6.45, 7) is 0.819. The van der Waals surface area contributed by atoms with E-state index in [1.807, 2.05) is 48.5 Å². The SMILES string of the molecule is NCc1cccc(Cn2c(-c3ccc4occc4c3)nc3ccc(Cl)cc3c2=O)c1. The Balaban J connectivity index is 1.75. The molecule has 0 radical (unpaired) electrons. The second kappa shape index (κ2) is 7.44. The maximum atomic E-state index is 13.5. The van der Waals surface area contributed by atoms with Gasteiger partial charge < -0.3 is 10.2 Å². The average molecular weight is 416 g/mol. The summed E-state index contributed by atoms with van der Waals surface area (Å²) in [5.41, 5.74) is 9.89. The number of halogens is 1. The van der Waals surface area contributed by atoms with Gasteiger partial charge in [-0.2, -0.15) is 0 Å². The second-order valence-electron chi connectivity index (χ2n) is 7.19. The maximum Gasteiger partial charge on any atom is 0.262 e.